The minimum absolute atomic E-state index is 0.0378. The molecule has 0 amide bonds. The van der Waals surface area contributed by atoms with Crippen LogP contribution in [0.25, 0.3) is 0 Å². The molecule has 88 valence electrons. The summed E-state index contributed by atoms with van der Waals surface area (Å²) in [4.78, 5) is 15.1. The monoisotopic (exact) mass is 229 g/mol. The molecule has 0 bridgehead atoms. The number of carbonyl (C=O) groups is 1. The first-order valence-electron chi connectivity index (χ1n) is 5.24. The second-order valence-electron chi connectivity index (χ2n) is 3.41. The summed E-state index contributed by atoms with van der Waals surface area (Å²) in [6.45, 7) is 6.83. The number of aliphatic imine (C=N–C) groups is 1. The maximum atomic E-state index is 11.1. The number of hydrogen-bond acceptors (Lipinski definition) is 3. The third-order valence-corrected chi connectivity index (χ3v) is 2.00. The Morgan fingerprint density at radius 2 is 1.94 bits per heavy atom. The number of benzene rings is 1. The predicted octanol–water partition coefficient (Wildman–Crippen LogP) is 3.39. The molecular weight excluding hydrogens is 214 g/mol. The second kappa shape index (κ2) is 6.43. The summed E-state index contributed by atoms with van der Waals surface area (Å²) in [6, 6.07) is 6.94. The van der Waals surface area contributed by atoms with Crippen LogP contribution in [0.1, 0.15) is 24.2 Å². The smallest absolute Gasteiger partial charge is 0.191 e. The van der Waals surface area contributed by atoms with E-state index in [1.165, 1.54) is 6.92 Å². The average molecular weight is 229 g/mol. The van der Waals surface area contributed by atoms with Gasteiger partial charge in [-0.2, -0.15) is 0 Å². The summed E-state index contributed by atoms with van der Waals surface area (Å²) in [5, 5.41) is 0. The van der Waals surface area contributed by atoms with Gasteiger partial charge in [0.15, 0.2) is 11.7 Å². The molecule has 0 spiro atoms. The molecule has 3 heteroatoms. The maximum absolute atomic E-state index is 11.1. The van der Waals surface area contributed by atoms with Crippen LogP contribution in [0.4, 0.5) is 0 Å². The van der Waals surface area contributed by atoms with E-state index in [9.17, 15) is 4.79 Å². The molecule has 0 heterocycles. The highest BCUT2D eigenvalue weighted by Crippen LogP contribution is 2.12. The van der Waals surface area contributed by atoms with Gasteiger partial charge in [-0.25, -0.2) is 4.99 Å². The van der Waals surface area contributed by atoms with E-state index in [0.29, 0.717) is 17.2 Å². The van der Waals surface area contributed by atoms with E-state index < -0.39 is 0 Å². The fourth-order valence-corrected chi connectivity index (χ4v) is 1.16. The minimum Gasteiger partial charge on any atom is -0.443 e. The summed E-state index contributed by atoms with van der Waals surface area (Å²) >= 11 is 0. The van der Waals surface area contributed by atoms with Gasteiger partial charge in [-0.15, -0.1) is 0 Å². The lowest BCUT2D eigenvalue weighted by molar-refractivity contribution is 0.101. The highest BCUT2D eigenvalue weighted by atomic mass is 16.5. The molecule has 0 aliphatic rings. The Bertz CT molecular complexity index is 456. The van der Waals surface area contributed by atoms with Crippen LogP contribution in [0.15, 0.2) is 54.2 Å². The molecule has 0 aliphatic heterocycles. The van der Waals surface area contributed by atoms with Crippen LogP contribution in [0.3, 0.4) is 0 Å². The van der Waals surface area contributed by atoms with Crippen molar-refractivity contribution in [3.63, 3.8) is 0 Å². The molecule has 0 saturated carbocycles. The largest absolute Gasteiger partial charge is 0.443 e. The zero-order chi connectivity index (χ0) is 12.7. The topological polar surface area (TPSA) is 38.7 Å². The molecule has 0 fully saturated rings. The third kappa shape index (κ3) is 4.47. The lowest BCUT2D eigenvalue weighted by atomic mass is 10.1. The van der Waals surface area contributed by atoms with Crippen LogP contribution < -0.4 is 4.74 Å². The highest BCUT2D eigenvalue weighted by Gasteiger charge is 2.00. The number of Topliss-reactive ketones (excluding diaryl/α,β-unsaturated/α-hetero) is 1. The van der Waals surface area contributed by atoms with Gasteiger partial charge in [0.1, 0.15) is 5.75 Å². The van der Waals surface area contributed by atoms with Crippen molar-refractivity contribution in [1.29, 1.82) is 0 Å². The van der Waals surface area contributed by atoms with Crippen LogP contribution in [-0.4, -0.2) is 11.7 Å². The molecule has 0 saturated heterocycles. The Balaban J connectivity index is 2.69. The molecule has 0 atom stereocenters. The molecule has 17 heavy (non-hydrogen) atoms. The molecule has 3 nitrogen and oxygen atoms in total. The summed E-state index contributed by atoms with van der Waals surface area (Å²) in [6.07, 6.45) is 4.95. The van der Waals surface area contributed by atoms with Crippen molar-refractivity contribution >= 4 is 11.7 Å². The first-order valence-corrected chi connectivity index (χ1v) is 5.24. The summed E-state index contributed by atoms with van der Waals surface area (Å²) in [5.41, 5.74) is 0.665. The maximum Gasteiger partial charge on any atom is 0.191 e. The average Bonchev–Trinajstić information content (AvgIpc) is 2.30. The Kier molecular flexibility index (Phi) is 4.88. The SMILES string of the molecule is C=C/C=C\N=C(C)Oc1ccc(C(C)=O)cc1. The van der Waals surface area contributed by atoms with Crippen molar-refractivity contribution in [3.05, 3.63) is 54.8 Å². The fraction of sp³-hybridized carbons (Fsp3) is 0.143. The Morgan fingerprint density at radius 3 is 2.47 bits per heavy atom. The van der Waals surface area contributed by atoms with Crippen molar-refractivity contribution < 1.29 is 9.53 Å². The highest BCUT2D eigenvalue weighted by molar-refractivity contribution is 5.94. The number of allylic oxidation sites excluding steroid dienone is 2. The van der Waals surface area contributed by atoms with Crippen LogP contribution >= 0.6 is 0 Å². The normalized spacial score (nSPS) is 11.5. The van der Waals surface area contributed by atoms with Crippen LogP contribution in [0.5, 0.6) is 5.75 Å². The van der Waals surface area contributed by atoms with Gasteiger partial charge in [0.2, 0.25) is 0 Å². The molecule has 1 rings (SSSR count). The van der Waals surface area contributed by atoms with E-state index in [4.69, 9.17) is 4.74 Å². The van der Waals surface area contributed by atoms with Crippen molar-refractivity contribution in [2.45, 2.75) is 13.8 Å². The second-order valence-corrected chi connectivity index (χ2v) is 3.41. The summed E-state index contributed by atoms with van der Waals surface area (Å²) < 4.78 is 5.45. The van der Waals surface area contributed by atoms with Gasteiger partial charge in [0.05, 0.1) is 0 Å². The zero-order valence-corrected chi connectivity index (χ0v) is 10.0. The lowest BCUT2D eigenvalue weighted by Gasteiger charge is -2.04. The van der Waals surface area contributed by atoms with Gasteiger partial charge in [-0.05, 0) is 37.3 Å². The van der Waals surface area contributed by atoms with Gasteiger partial charge in [-0.1, -0.05) is 12.7 Å². The zero-order valence-electron chi connectivity index (χ0n) is 10.0. The molecule has 1 aromatic carbocycles. The number of ketones is 1. The molecule has 0 N–H and O–H groups in total. The van der Waals surface area contributed by atoms with Gasteiger partial charge >= 0.3 is 0 Å². The van der Waals surface area contributed by atoms with Crippen LogP contribution in [0.2, 0.25) is 0 Å². The molecule has 0 radical (unpaired) electrons. The number of carbonyl (C=O) groups excluding carboxylic acids is 1. The molecule has 0 aliphatic carbocycles. The molecule has 1 aromatic rings. The van der Waals surface area contributed by atoms with Crippen molar-refractivity contribution in [2.24, 2.45) is 4.99 Å². The number of rotatable bonds is 4. The fourth-order valence-electron chi connectivity index (χ4n) is 1.16. The number of nitrogens with zero attached hydrogens (tertiary/aromatic N) is 1. The quantitative estimate of drug-likeness (QED) is 0.343. The van der Waals surface area contributed by atoms with Gasteiger partial charge in [-0.3, -0.25) is 4.79 Å². The van der Waals surface area contributed by atoms with Crippen molar-refractivity contribution in [2.75, 3.05) is 0 Å². The lowest BCUT2D eigenvalue weighted by Crippen LogP contribution is -2.02. The minimum atomic E-state index is 0.0378. The van der Waals surface area contributed by atoms with E-state index in [0.717, 1.165) is 0 Å². The van der Waals surface area contributed by atoms with Crippen LogP contribution in [0, 0.1) is 0 Å². The van der Waals surface area contributed by atoms with E-state index in [1.54, 1.807) is 49.5 Å². The Labute approximate surface area is 101 Å². The van der Waals surface area contributed by atoms with Crippen molar-refractivity contribution in [1.82, 2.24) is 0 Å². The predicted molar refractivity (Wildman–Crippen MR) is 69.5 cm³/mol. The Morgan fingerprint density at radius 1 is 1.29 bits per heavy atom. The van der Waals surface area contributed by atoms with E-state index in [2.05, 4.69) is 11.6 Å². The third-order valence-electron chi connectivity index (χ3n) is 2.00. The van der Waals surface area contributed by atoms with Gasteiger partial charge in [0.25, 0.3) is 0 Å². The van der Waals surface area contributed by atoms with E-state index in [-0.39, 0.29) is 5.78 Å². The molecule has 0 aromatic heterocycles. The molecular formula is C14H15NO2. The standard InChI is InChI=1S/C14H15NO2/c1-4-5-10-15-12(3)17-14-8-6-13(7-9-14)11(2)16/h4-10H,1H2,2-3H3/b10-5-,15-12?. The van der Waals surface area contributed by atoms with E-state index in [1.807, 2.05) is 0 Å². The molecule has 0 unspecified atom stereocenters. The van der Waals surface area contributed by atoms with Crippen LogP contribution in [-0.2, 0) is 0 Å². The number of ether oxygens (including phenoxy) is 1. The Hall–Kier alpha value is -2.16. The van der Waals surface area contributed by atoms with E-state index >= 15 is 0 Å². The first kappa shape index (κ1) is 12.9. The summed E-state index contributed by atoms with van der Waals surface area (Å²) in [7, 11) is 0. The first-order chi connectivity index (χ1) is 8.13. The van der Waals surface area contributed by atoms with Gasteiger partial charge < -0.3 is 4.74 Å². The van der Waals surface area contributed by atoms with Crippen molar-refractivity contribution in [3.8, 4) is 5.75 Å². The van der Waals surface area contributed by atoms with Gasteiger partial charge in [0, 0.05) is 18.7 Å². The number of hydrogen-bond donors (Lipinski definition) is 0. The summed E-state index contributed by atoms with van der Waals surface area (Å²) in [5.74, 6) is 1.22.